The fourth-order valence-electron chi connectivity index (χ4n) is 2.84. The van der Waals surface area contributed by atoms with Gasteiger partial charge in [-0.3, -0.25) is 0 Å². The van der Waals surface area contributed by atoms with Gasteiger partial charge in [-0.25, -0.2) is 9.97 Å². The van der Waals surface area contributed by atoms with Gasteiger partial charge in [0, 0.05) is 37.1 Å². The molecule has 4 nitrogen and oxygen atoms in total. The Labute approximate surface area is 126 Å². The Morgan fingerprint density at radius 1 is 1.10 bits per heavy atom. The zero-order chi connectivity index (χ0) is 14.5. The van der Waals surface area contributed by atoms with Gasteiger partial charge in [0.25, 0.3) is 0 Å². The molecule has 3 rings (SSSR count). The van der Waals surface area contributed by atoms with E-state index in [0.29, 0.717) is 0 Å². The Bertz CT molecular complexity index is 591. The molecule has 0 unspecified atom stereocenters. The average Bonchev–Trinajstić information content (AvgIpc) is 2.54. The second kappa shape index (κ2) is 6.57. The first-order chi connectivity index (χ1) is 10.3. The lowest BCUT2D eigenvalue weighted by atomic mass is 10.1. The smallest absolute Gasteiger partial charge is 0.129 e. The summed E-state index contributed by atoms with van der Waals surface area (Å²) in [5.74, 6) is 0.885. The van der Waals surface area contributed by atoms with Crippen LogP contribution < -0.4 is 10.2 Å². The number of hydrogen-bond acceptors (Lipinski definition) is 4. The van der Waals surface area contributed by atoms with Crippen LogP contribution in [0.25, 0.3) is 0 Å². The van der Waals surface area contributed by atoms with Crippen LogP contribution in [0.15, 0.2) is 36.7 Å². The molecular formula is C17H22N4. The van der Waals surface area contributed by atoms with E-state index in [9.17, 15) is 0 Å². The average molecular weight is 282 g/mol. The van der Waals surface area contributed by atoms with E-state index in [4.69, 9.17) is 0 Å². The Balaban J connectivity index is 1.73. The van der Waals surface area contributed by atoms with E-state index in [2.05, 4.69) is 44.5 Å². The quantitative estimate of drug-likeness (QED) is 0.933. The zero-order valence-electron chi connectivity index (χ0n) is 12.5. The number of anilines is 2. The Kier molecular flexibility index (Phi) is 4.34. The maximum atomic E-state index is 4.26. The van der Waals surface area contributed by atoms with E-state index in [1.54, 1.807) is 6.33 Å². The van der Waals surface area contributed by atoms with Crippen LogP contribution in [-0.2, 0) is 6.54 Å². The third-order valence-electron chi connectivity index (χ3n) is 3.95. The minimum absolute atomic E-state index is 0.795. The fourth-order valence-corrected chi connectivity index (χ4v) is 2.84. The second-order valence-corrected chi connectivity index (χ2v) is 5.57. The first kappa shape index (κ1) is 13.9. The van der Waals surface area contributed by atoms with Gasteiger partial charge in [-0.2, -0.15) is 0 Å². The highest BCUT2D eigenvalue weighted by Crippen LogP contribution is 2.24. The molecule has 1 aromatic carbocycles. The number of aromatic nitrogens is 2. The fraction of sp³-hybridized carbons (Fsp3) is 0.412. The number of hydrogen-bond donors (Lipinski definition) is 1. The van der Waals surface area contributed by atoms with Crippen molar-refractivity contribution in [2.75, 3.05) is 23.3 Å². The van der Waals surface area contributed by atoms with Crippen LogP contribution in [-0.4, -0.2) is 23.1 Å². The number of piperidine rings is 1. The van der Waals surface area contributed by atoms with Gasteiger partial charge >= 0.3 is 0 Å². The summed E-state index contributed by atoms with van der Waals surface area (Å²) in [6.45, 7) is 5.12. The van der Waals surface area contributed by atoms with Crippen molar-refractivity contribution in [1.82, 2.24) is 9.97 Å². The van der Waals surface area contributed by atoms with Crippen molar-refractivity contribution in [3.8, 4) is 0 Å². The summed E-state index contributed by atoms with van der Waals surface area (Å²) in [4.78, 5) is 10.9. The SMILES string of the molecule is Cc1cc(NCc2ccccc2N2CCCCC2)ncn1. The molecule has 0 atom stereocenters. The molecule has 0 aliphatic carbocycles. The molecule has 1 aromatic heterocycles. The lowest BCUT2D eigenvalue weighted by Crippen LogP contribution is -2.30. The molecule has 0 spiro atoms. The van der Waals surface area contributed by atoms with Crippen molar-refractivity contribution in [2.24, 2.45) is 0 Å². The van der Waals surface area contributed by atoms with Crippen molar-refractivity contribution < 1.29 is 0 Å². The van der Waals surface area contributed by atoms with Gasteiger partial charge in [0.2, 0.25) is 0 Å². The largest absolute Gasteiger partial charge is 0.371 e. The maximum Gasteiger partial charge on any atom is 0.129 e. The number of para-hydroxylation sites is 1. The molecule has 0 saturated carbocycles. The van der Waals surface area contributed by atoms with E-state index in [1.807, 2.05) is 13.0 Å². The molecule has 2 heterocycles. The van der Waals surface area contributed by atoms with Crippen LogP contribution in [0.2, 0.25) is 0 Å². The van der Waals surface area contributed by atoms with Crippen LogP contribution >= 0.6 is 0 Å². The van der Waals surface area contributed by atoms with Gasteiger partial charge < -0.3 is 10.2 Å². The highest BCUT2D eigenvalue weighted by Gasteiger charge is 2.13. The van der Waals surface area contributed by atoms with Gasteiger partial charge in [-0.05, 0) is 37.8 Å². The third kappa shape index (κ3) is 3.51. The predicted molar refractivity (Wildman–Crippen MR) is 86.6 cm³/mol. The summed E-state index contributed by atoms with van der Waals surface area (Å²) < 4.78 is 0. The number of aryl methyl sites for hydroxylation is 1. The van der Waals surface area contributed by atoms with Crippen molar-refractivity contribution in [1.29, 1.82) is 0 Å². The third-order valence-corrected chi connectivity index (χ3v) is 3.95. The van der Waals surface area contributed by atoms with Crippen LogP contribution in [0.5, 0.6) is 0 Å². The normalized spacial score (nSPS) is 15.0. The van der Waals surface area contributed by atoms with Gasteiger partial charge in [0.05, 0.1) is 0 Å². The van der Waals surface area contributed by atoms with Gasteiger partial charge in [0.1, 0.15) is 12.1 Å². The highest BCUT2D eigenvalue weighted by molar-refractivity contribution is 5.55. The van der Waals surface area contributed by atoms with Crippen LogP contribution in [0.1, 0.15) is 30.5 Å². The number of rotatable bonds is 4. The second-order valence-electron chi connectivity index (χ2n) is 5.57. The Hall–Kier alpha value is -2.10. The zero-order valence-corrected chi connectivity index (χ0v) is 12.5. The molecule has 1 aliphatic heterocycles. The molecule has 21 heavy (non-hydrogen) atoms. The Morgan fingerprint density at radius 3 is 2.71 bits per heavy atom. The van der Waals surface area contributed by atoms with Crippen molar-refractivity contribution in [3.63, 3.8) is 0 Å². The van der Waals surface area contributed by atoms with Gasteiger partial charge in [-0.15, -0.1) is 0 Å². The molecule has 1 N–H and O–H groups in total. The first-order valence-corrected chi connectivity index (χ1v) is 7.68. The lowest BCUT2D eigenvalue weighted by molar-refractivity contribution is 0.576. The van der Waals surface area contributed by atoms with Crippen molar-refractivity contribution in [2.45, 2.75) is 32.7 Å². The number of nitrogens with zero attached hydrogens (tertiary/aromatic N) is 3. The molecule has 4 heteroatoms. The van der Waals surface area contributed by atoms with Crippen LogP contribution in [0.3, 0.4) is 0 Å². The minimum atomic E-state index is 0.795. The molecule has 1 fully saturated rings. The van der Waals surface area contributed by atoms with E-state index in [1.165, 1.54) is 43.6 Å². The first-order valence-electron chi connectivity index (χ1n) is 7.68. The maximum absolute atomic E-state index is 4.26. The van der Waals surface area contributed by atoms with E-state index in [0.717, 1.165) is 18.1 Å². The number of nitrogens with one attached hydrogen (secondary N) is 1. The van der Waals surface area contributed by atoms with Gasteiger partial charge in [-0.1, -0.05) is 18.2 Å². The van der Waals surface area contributed by atoms with E-state index in [-0.39, 0.29) is 0 Å². The summed E-state index contributed by atoms with van der Waals surface area (Å²) in [6.07, 6.45) is 5.56. The molecule has 1 saturated heterocycles. The van der Waals surface area contributed by atoms with Crippen LogP contribution in [0.4, 0.5) is 11.5 Å². The minimum Gasteiger partial charge on any atom is -0.371 e. The van der Waals surface area contributed by atoms with E-state index < -0.39 is 0 Å². The molecule has 0 bridgehead atoms. The van der Waals surface area contributed by atoms with Crippen molar-refractivity contribution in [3.05, 3.63) is 47.9 Å². The lowest BCUT2D eigenvalue weighted by Gasteiger charge is -2.30. The highest BCUT2D eigenvalue weighted by atomic mass is 15.1. The predicted octanol–water partition coefficient (Wildman–Crippen LogP) is 3.39. The molecule has 1 aliphatic rings. The Morgan fingerprint density at radius 2 is 1.90 bits per heavy atom. The molecule has 0 radical (unpaired) electrons. The molecular weight excluding hydrogens is 260 g/mol. The summed E-state index contributed by atoms with van der Waals surface area (Å²) >= 11 is 0. The monoisotopic (exact) mass is 282 g/mol. The van der Waals surface area contributed by atoms with Crippen molar-refractivity contribution >= 4 is 11.5 Å². The van der Waals surface area contributed by atoms with E-state index >= 15 is 0 Å². The topological polar surface area (TPSA) is 41.0 Å². The number of benzene rings is 1. The molecule has 0 amide bonds. The molecule has 2 aromatic rings. The summed E-state index contributed by atoms with van der Waals surface area (Å²) in [5, 5.41) is 3.40. The van der Waals surface area contributed by atoms with Crippen LogP contribution in [0, 0.1) is 6.92 Å². The summed E-state index contributed by atoms with van der Waals surface area (Å²) in [5.41, 5.74) is 3.67. The summed E-state index contributed by atoms with van der Waals surface area (Å²) in [7, 11) is 0. The standard InChI is InChI=1S/C17H22N4/c1-14-11-17(20-13-19-14)18-12-15-7-3-4-8-16(15)21-9-5-2-6-10-21/h3-4,7-8,11,13H,2,5-6,9-10,12H2,1H3,(H,18,19,20). The molecule has 110 valence electrons. The van der Waals surface area contributed by atoms with Gasteiger partial charge in [0.15, 0.2) is 0 Å². The summed E-state index contributed by atoms with van der Waals surface area (Å²) in [6, 6.07) is 10.6.